The van der Waals surface area contributed by atoms with Gasteiger partial charge in [0.1, 0.15) is 5.82 Å². The Labute approximate surface area is 174 Å². The van der Waals surface area contributed by atoms with Gasteiger partial charge in [0, 0.05) is 10.9 Å². The van der Waals surface area contributed by atoms with Gasteiger partial charge in [0.05, 0.1) is 5.56 Å². The molecule has 3 aromatic rings. The normalized spacial score (nSPS) is 19.0. The Morgan fingerprint density at radius 2 is 1.66 bits per heavy atom. The molecule has 4 rings (SSSR count). The van der Waals surface area contributed by atoms with Crippen molar-refractivity contribution in [2.45, 2.75) is 58.3 Å². The second kappa shape index (κ2) is 8.83. The molecule has 0 unspecified atom stereocenters. The Morgan fingerprint density at radius 3 is 2.38 bits per heavy atom. The molecule has 148 valence electrons. The third kappa shape index (κ3) is 4.54. The molecule has 1 heteroatoms. The summed E-state index contributed by atoms with van der Waals surface area (Å²) < 4.78 is 14.8. The van der Waals surface area contributed by atoms with Crippen molar-refractivity contribution in [1.82, 2.24) is 0 Å². The van der Waals surface area contributed by atoms with E-state index in [1.165, 1.54) is 44.1 Å². The molecule has 1 aliphatic carbocycles. The Morgan fingerprint density at radius 1 is 0.897 bits per heavy atom. The van der Waals surface area contributed by atoms with Gasteiger partial charge in [0.2, 0.25) is 0 Å². The molecule has 0 spiro atoms. The Balaban J connectivity index is 1.48. The number of fused-ring (bicyclic) bond motifs is 1. The van der Waals surface area contributed by atoms with Gasteiger partial charge in [0.15, 0.2) is 0 Å². The highest BCUT2D eigenvalue weighted by atomic mass is 19.1. The lowest BCUT2D eigenvalue weighted by Gasteiger charge is -2.28. The Hall–Kier alpha value is -2.59. The summed E-state index contributed by atoms with van der Waals surface area (Å²) in [5.74, 6) is 7.56. The monoisotopic (exact) mass is 384 g/mol. The second-order valence-corrected chi connectivity index (χ2v) is 8.53. The van der Waals surface area contributed by atoms with Crippen LogP contribution in [-0.4, -0.2) is 0 Å². The molecule has 0 N–H and O–H groups in total. The van der Waals surface area contributed by atoms with Crippen LogP contribution in [0.15, 0.2) is 54.6 Å². The smallest absolute Gasteiger partial charge is 0.146 e. The van der Waals surface area contributed by atoms with Crippen LogP contribution in [0.5, 0.6) is 0 Å². The van der Waals surface area contributed by atoms with Crippen LogP contribution < -0.4 is 0 Å². The Bertz CT molecular complexity index is 1040. The molecule has 0 aromatic heterocycles. The number of benzene rings is 3. The van der Waals surface area contributed by atoms with Crippen molar-refractivity contribution in [3.63, 3.8) is 0 Å². The van der Waals surface area contributed by atoms with Crippen LogP contribution in [0.4, 0.5) is 4.39 Å². The lowest BCUT2D eigenvalue weighted by Crippen LogP contribution is -2.13. The van der Waals surface area contributed by atoms with Gasteiger partial charge in [-0.1, -0.05) is 73.6 Å². The summed E-state index contributed by atoms with van der Waals surface area (Å²) in [5, 5.41) is 1.56. The van der Waals surface area contributed by atoms with Gasteiger partial charge in [-0.2, -0.15) is 0 Å². The van der Waals surface area contributed by atoms with Gasteiger partial charge in [-0.25, -0.2) is 4.39 Å². The molecule has 0 amide bonds. The van der Waals surface area contributed by atoms with E-state index in [2.05, 4.69) is 43.0 Å². The third-order valence-electron chi connectivity index (χ3n) is 6.38. The van der Waals surface area contributed by atoms with Crippen LogP contribution in [0, 0.1) is 30.5 Å². The molecule has 0 radical (unpaired) electrons. The summed E-state index contributed by atoms with van der Waals surface area (Å²) >= 11 is 0. The fraction of sp³-hybridized carbons (Fsp3) is 0.357. The summed E-state index contributed by atoms with van der Waals surface area (Å²) in [6.45, 7) is 4.31. The molecule has 3 aromatic carbocycles. The predicted molar refractivity (Wildman–Crippen MR) is 121 cm³/mol. The fourth-order valence-electron chi connectivity index (χ4n) is 4.68. The van der Waals surface area contributed by atoms with E-state index in [4.69, 9.17) is 0 Å². The molecule has 0 saturated heterocycles. The highest BCUT2D eigenvalue weighted by Crippen LogP contribution is 2.37. The van der Waals surface area contributed by atoms with E-state index >= 15 is 0 Å². The van der Waals surface area contributed by atoms with Gasteiger partial charge in [-0.05, 0) is 73.6 Å². The zero-order valence-electron chi connectivity index (χ0n) is 17.5. The molecule has 0 atom stereocenters. The van der Waals surface area contributed by atoms with Crippen molar-refractivity contribution >= 4 is 10.8 Å². The minimum Gasteiger partial charge on any atom is -0.205 e. The van der Waals surface area contributed by atoms with Crippen LogP contribution in [0.3, 0.4) is 0 Å². The van der Waals surface area contributed by atoms with Gasteiger partial charge in [-0.15, -0.1) is 0 Å². The SMILES string of the molecule is CCCC1CCC(c2ccc(C#Cc3ccc4cc(C)ccc4c3F)cc2)CC1. The van der Waals surface area contributed by atoms with Crippen LogP contribution in [0.25, 0.3) is 10.8 Å². The maximum atomic E-state index is 14.8. The molecule has 0 bridgehead atoms. The number of halogens is 1. The van der Waals surface area contributed by atoms with Crippen molar-refractivity contribution in [1.29, 1.82) is 0 Å². The van der Waals surface area contributed by atoms with Crippen molar-refractivity contribution < 1.29 is 4.39 Å². The molecule has 29 heavy (non-hydrogen) atoms. The highest BCUT2D eigenvalue weighted by molar-refractivity contribution is 5.85. The third-order valence-corrected chi connectivity index (χ3v) is 6.38. The first-order chi connectivity index (χ1) is 14.1. The van der Waals surface area contributed by atoms with E-state index in [1.807, 2.05) is 31.2 Å². The van der Waals surface area contributed by atoms with Crippen molar-refractivity contribution in [2.24, 2.45) is 5.92 Å². The first-order valence-corrected chi connectivity index (χ1v) is 10.9. The molecule has 0 aliphatic heterocycles. The molecule has 0 nitrogen and oxygen atoms in total. The molecule has 1 aliphatic rings. The van der Waals surface area contributed by atoms with Crippen molar-refractivity contribution in [3.05, 3.63) is 82.7 Å². The standard InChI is InChI=1S/C28H29F/c1-3-4-21-6-11-23(12-7-21)24-13-8-22(9-14-24)10-15-25-16-17-26-19-20(2)5-18-27(26)28(25)29/h5,8-9,13-14,16-19,21,23H,3-4,6-7,11-12H2,1-2H3. The summed E-state index contributed by atoms with van der Waals surface area (Å²) in [6.07, 6.45) is 8.02. The largest absolute Gasteiger partial charge is 0.205 e. The van der Waals surface area contributed by atoms with Crippen LogP contribution >= 0.6 is 0 Å². The summed E-state index contributed by atoms with van der Waals surface area (Å²) in [4.78, 5) is 0. The van der Waals surface area contributed by atoms with E-state index in [0.717, 1.165) is 22.4 Å². The molecule has 1 saturated carbocycles. The van der Waals surface area contributed by atoms with E-state index in [1.54, 1.807) is 6.07 Å². The summed E-state index contributed by atoms with van der Waals surface area (Å²) in [7, 11) is 0. The maximum absolute atomic E-state index is 14.8. The highest BCUT2D eigenvalue weighted by Gasteiger charge is 2.21. The number of hydrogen-bond acceptors (Lipinski definition) is 0. The summed E-state index contributed by atoms with van der Waals surface area (Å²) in [5.41, 5.74) is 3.96. The average molecular weight is 385 g/mol. The van der Waals surface area contributed by atoms with E-state index in [0.29, 0.717) is 16.9 Å². The molecule has 0 heterocycles. The number of rotatable bonds is 3. The number of hydrogen-bond donors (Lipinski definition) is 0. The second-order valence-electron chi connectivity index (χ2n) is 8.53. The lowest BCUT2D eigenvalue weighted by molar-refractivity contribution is 0.308. The van der Waals surface area contributed by atoms with Gasteiger partial charge < -0.3 is 0 Å². The number of aryl methyl sites for hydroxylation is 1. The van der Waals surface area contributed by atoms with E-state index in [-0.39, 0.29) is 5.82 Å². The Kier molecular flexibility index (Phi) is 6.00. The van der Waals surface area contributed by atoms with Crippen molar-refractivity contribution in [2.75, 3.05) is 0 Å². The van der Waals surface area contributed by atoms with Crippen LogP contribution in [0.1, 0.15) is 73.6 Å². The zero-order valence-corrected chi connectivity index (χ0v) is 17.5. The maximum Gasteiger partial charge on any atom is 0.146 e. The topological polar surface area (TPSA) is 0 Å². The molecular formula is C28H29F. The van der Waals surface area contributed by atoms with Crippen LogP contribution in [0.2, 0.25) is 0 Å². The minimum absolute atomic E-state index is 0.226. The zero-order chi connectivity index (χ0) is 20.2. The van der Waals surface area contributed by atoms with E-state index in [9.17, 15) is 4.39 Å². The lowest BCUT2D eigenvalue weighted by atomic mass is 9.77. The van der Waals surface area contributed by atoms with Crippen molar-refractivity contribution in [3.8, 4) is 11.8 Å². The quantitative estimate of drug-likeness (QED) is 0.405. The molecule has 1 fully saturated rings. The minimum atomic E-state index is -0.226. The first-order valence-electron chi connectivity index (χ1n) is 10.9. The predicted octanol–water partition coefficient (Wildman–Crippen LogP) is 7.76. The fourth-order valence-corrected chi connectivity index (χ4v) is 4.68. The van der Waals surface area contributed by atoms with E-state index < -0.39 is 0 Å². The first kappa shape index (κ1) is 19.7. The molecular weight excluding hydrogens is 355 g/mol. The van der Waals surface area contributed by atoms with Gasteiger partial charge >= 0.3 is 0 Å². The summed E-state index contributed by atoms with van der Waals surface area (Å²) in [6, 6.07) is 18.1. The van der Waals surface area contributed by atoms with Crippen LogP contribution in [-0.2, 0) is 0 Å². The average Bonchev–Trinajstić information content (AvgIpc) is 2.74. The van der Waals surface area contributed by atoms with Gasteiger partial charge in [-0.3, -0.25) is 0 Å². The van der Waals surface area contributed by atoms with Gasteiger partial charge in [0.25, 0.3) is 0 Å².